The highest BCUT2D eigenvalue weighted by molar-refractivity contribution is 5.70. The van der Waals surface area contributed by atoms with Gasteiger partial charge in [0.25, 0.3) is 0 Å². The maximum Gasteiger partial charge on any atom is 0.306 e. The van der Waals surface area contributed by atoms with Gasteiger partial charge in [0, 0.05) is 19.4 Å². The molecule has 1 atom stereocenters. The van der Waals surface area contributed by atoms with Crippen LogP contribution in [0.3, 0.4) is 0 Å². The Hall–Kier alpha value is -1.62. The molecule has 0 fully saturated rings. The molecule has 0 amide bonds. The van der Waals surface area contributed by atoms with Crippen molar-refractivity contribution in [1.82, 2.24) is 0 Å². The van der Waals surface area contributed by atoms with Gasteiger partial charge >= 0.3 is 11.9 Å². The van der Waals surface area contributed by atoms with E-state index < -0.39 is 6.10 Å². The predicted molar refractivity (Wildman–Crippen MR) is 224 cm³/mol. The molecule has 0 heterocycles. The van der Waals surface area contributed by atoms with Crippen LogP contribution in [0.4, 0.5) is 0 Å². The minimum Gasteiger partial charge on any atom is -0.462 e. The van der Waals surface area contributed by atoms with E-state index in [0.717, 1.165) is 44.9 Å². The lowest BCUT2D eigenvalue weighted by molar-refractivity contribution is -0.163. The average molecular weight is 733 g/mol. The Balaban J connectivity index is 4.23. The van der Waals surface area contributed by atoms with Crippen LogP contribution in [0.5, 0.6) is 0 Å². The molecular formula is C47H88O5. The monoisotopic (exact) mass is 733 g/mol. The Morgan fingerprint density at radius 2 is 0.846 bits per heavy atom. The van der Waals surface area contributed by atoms with Crippen molar-refractivity contribution in [2.45, 2.75) is 245 Å². The van der Waals surface area contributed by atoms with Gasteiger partial charge in [0.15, 0.2) is 6.10 Å². The number of carbonyl (C=O) groups excluding carboxylic acids is 2. The van der Waals surface area contributed by atoms with Crippen molar-refractivity contribution in [3.63, 3.8) is 0 Å². The topological polar surface area (TPSA) is 61.8 Å². The molecule has 0 aromatic rings. The predicted octanol–water partition coefficient (Wildman–Crippen LogP) is 14.9. The molecular weight excluding hydrogens is 645 g/mol. The second-order valence-corrected chi connectivity index (χ2v) is 15.3. The lowest BCUT2D eigenvalue weighted by Gasteiger charge is -2.18. The SMILES string of the molecule is CCC/C=C\C/C=C\CCCCCCCCOCC(COC(=O)CCCCCCCCCCCCC)OC(=O)CCCCCCCCCCCCC. The van der Waals surface area contributed by atoms with Gasteiger partial charge in [0.1, 0.15) is 6.61 Å². The van der Waals surface area contributed by atoms with Crippen LogP contribution in [0.1, 0.15) is 239 Å². The van der Waals surface area contributed by atoms with E-state index in [9.17, 15) is 9.59 Å². The number of allylic oxidation sites excluding steroid dienone is 4. The molecule has 5 heteroatoms. The van der Waals surface area contributed by atoms with Crippen LogP contribution in [0.2, 0.25) is 0 Å². The van der Waals surface area contributed by atoms with Crippen LogP contribution in [0.25, 0.3) is 0 Å². The summed E-state index contributed by atoms with van der Waals surface area (Å²) in [4.78, 5) is 25.2. The Morgan fingerprint density at radius 1 is 0.423 bits per heavy atom. The molecule has 0 aliphatic rings. The Labute approximate surface area is 324 Å². The summed E-state index contributed by atoms with van der Waals surface area (Å²) < 4.78 is 17.3. The normalized spacial score (nSPS) is 12.3. The number of carbonyl (C=O) groups is 2. The fourth-order valence-electron chi connectivity index (χ4n) is 6.55. The van der Waals surface area contributed by atoms with Crippen molar-refractivity contribution in [2.75, 3.05) is 19.8 Å². The third-order valence-electron chi connectivity index (χ3n) is 9.97. The van der Waals surface area contributed by atoms with Gasteiger partial charge < -0.3 is 14.2 Å². The van der Waals surface area contributed by atoms with Gasteiger partial charge in [-0.25, -0.2) is 0 Å². The number of unbranched alkanes of at least 4 members (excludes halogenated alkanes) is 27. The zero-order valence-electron chi connectivity index (χ0n) is 35.1. The van der Waals surface area contributed by atoms with E-state index in [1.54, 1.807) is 0 Å². The summed E-state index contributed by atoms with van der Waals surface area (Å²) in [6.45, 7) is 7.76. The zero-order valence-corrected chi connectivity index (χ0v) is 35.1. The number of ether oxygens (including phenoxy) is 3. The van der Waals surface area contributed by atoms with Crippen molar-refractivity contribution in [2.24, 2.45) is 0 Å². The van der Waals surface area contributed by atoms with Gasteiger partial charge in [0.2, 0.25) is 0 Å². The molecule has 0 saturated heterocycles. The van der Waals surface area contributed by atoms with Gasteiger partial charge in [-0.05, 0) is 44.9 Å². The molecule has 0 aliphatic carbocycles. The third kappa shape index (κ3) is 41.1. The summed E-state index contributed by atoms with van der Waals surface area (Å²) in [5.74, 6) is -0.393. The quantitative estimate of drug-likeness (QED) is 0.0355. The Kier molecular flexibility index (Phi) is 42.4. The highest BCUT2D eigenvalue weighted by atomic mass is 16.6. The molecule has 0 N–H and O–H groups in total. The zero-order chi connectivity index (χ0) is 37.8. The van der Waals surface area contributed by atoms with Crippen LogP contribution in [-0.2, 0) is 23.8 Å². The molecule has 1 unspecified atom stereocenters. The summed E-state index contributed by atoms with van der Waals surface area (Å²) in [5.41, 5.74) is 0. The van der Waals surface area contributed by atoms with Gasteiger partial charge in [-0.3, -0.25) is 9.59 Å². The van der Waals surface area contributed by atoms with Gasteiger partial charge in [0.05, 0.1) is 6.61 Å². The summed E-state index contributed by atoms with van der Waals surface area (Å²) in [5, 5.41) is 0. The minimum absolute atomic E-state index is 0.0876. The Morgan fingerprint density at radius 3 is 1.35 bits per heavy atom. The fraction of sp³-hybridized carbons (Fsp3) is 0.872. The molecule has 0 saturated carbocycles. The standard InChI is InChI=1S/C47H88O5/c1-4-7-10-13-16-19-22-23-24-27-30-33-36-39-42-50-43-45(52-47(49)41-38-35-32-29-26-21-18-15-12-9-6-3)44-51-46(48)40-37-34-31-28-25-20-17-14-11-8-5-2/h10,13,19,22,45H,4-9,11-12,14-18,20-21,23-44H2,1-3H3/b13-10-,22-19-. The average Bonchev–Trinajstić information content (AvgIpc) is 3.14. The van der Waals surface area contributed by atoms with E-state index in [2.05, 4.69) is 45.1 Å². The van der Waals surface area contributed by atoms with Crippen LogP contribution >= 0.6 is 0 Å². The van der Waals surface area contributed by atoms with E-state index in [-0.39, 0.29) is 25.2 Å². The second kappa shape index (κ2) is 43.8. The number of esters is 2. The molecule has 0 radical (unpaired) electrons. The largest absolute Gasteiger partial charge is 0.462 e. The maximum absolute atomic E-state index is 12.7. The van der Waals surface area contributed by atoms with Crippen LogP contribution in [0.15, 0.2) is 24.3 Å². The third-order valence-corrected chi connectivity index (χ3v) is 9.97. The lowest BCUT2D eigenvalue weighted by atomic mass is 10.1. The molecule has 0 aromatic carbocycles. The summed E-state index contributed by atoms with van der Waals surface area (Å²) in [6.07, 6.45) is 48.8. The lowest BCUT2D eigenvalue weighted by Crippen LogP contribution is -2.30. The van der Waals surface area contributed by atoms with Gasteiger partial charge in [-0.1, -0.05) is 206 Å². The molecule has 0 spiro atoms. The number of rotatable bonds is 42. The van der Waals surface area contributed by atoms with Crippen LogP contribution in [-0.4, -0.2) is 37.9 Å². The highest BCUT2D eigenvalue weighted by Gasteiger charge is 2.17. The molecule has 0 rings (SSSR count). The highest BCUT2D eigenvalue weighted by Crippen LogP contribution is 2.15. The van der Waals surface area contributed by atoms with E-state index in [4.69, 9.17) is 14.2 Å². The molecule has 0 bridgehead atoms. The van der Waals surface area contributed by atoms with Gasteiger partial charge in [-0.2, -0.15) is 0 Å². The number of hydrogen-bond acceptors (Lipinski definition) is 5. The van der Waals surface area contributed by atoms with E-state index >= 15 is 0 Å². The van der Waals surface area contributed by atoms with Crippen molar-refractivity contribution in [1.29, 1.82) is 0 Å². The first-order valence-electron chi connectivity index (χ1n) is 22.9. The van der Waals surface area contributed by atoms with E-state index in [0.29, 0.717) is 19.4 Å². The molecule has 52 heavy (non-hydrogen) atoms. The van der Waals surface area contributed by atoms with Gasteiger partial charge in [-0.15, -0.1) is 0 Å². The second-order valence-electron chi connectivity index (χ2n) is 15.3. The van der Waals surface area contributed by atoms with Crippen LogP contribution < -0.4 is 0 Å². The van der Waals surface area contributed by atoms with Crippen molar-refractivity contribution in [3.8, 4) is 0 Å². The maximum atomic E-state index is 12.7. The van der Waals surface area contributed by atoms with E-state index in [1.807, 2.05) is 0 Å². The first kappa shape index (κ1) is 50.4. The van der Waals surface area contributed by atoms with Crippen molar-refractivity contribution in [3.05, 3.63) is 24.3 Å². The summed E-state index contributed by atoms with van der Waals surface area (Å²) >= 11 is 0. The first-order valence-corrected chi connectivity index (χ1v) is 22.9. The molecule has 306 valence electrons. The van der Waals surface area contributed by atoms with Crippen molar-refractivity contribution >= 4 is 11.9 Å². The fourth-order valence-corrected chi connectivity index (χ4v) is 6.55. The summed E-state index contributed by atoms with van der Waals surface area (Å²) in [7, 11) is 0. The van der Waals surface area contributed by atoms with Crippen LogP contribution in [0, 0.1) is 0 Å². The Bertz CT molecular complexity index is 791. The molecule has 5 nitrogen and oxygen atoms in total. The molecule has 0 aliphatic heterocycles. The first-order chi connectivity index (χ1) is 25.6. The summed E-state index contributed by atoms with van der Waals surface area (Å²) in [6, 6.07) is 0. The van der Waals surface area contributed by atoms with Crippen molar-refractivity contribution < 1.29 is 23.8 Å². The smallest absolute Gasteiger partial charge is 0.306 e. The minimum atomic E-state index is -0.531. The number of hydrogen-bond donors (Lipinski definition) is 0. The van der Waals surface area contributed by atoms with E-state index in [1.165, 1.54) is 161 Å². The molecule has 0 aromatic heterocycles.